The molecule has 8 nitrogen and oxygen atoms in total. The summed E-state index contributed by atoms with van der Waals surface area (Å²) in [7, 11) is 1.08. The summed E-state index contributed by atoms with van der Waals surface area (Å²) in [5.74, 6) is -2.01. The first-order valence-corrected chi connectivity index (χ1v) is 8.02. The van der Waals surface area contributed by atoms with Crippen molar-refractivity contribution in [1.82, 2.24) is 10.2 Å². The van der Waals surface area contributed by atoms with E-state index in [4.69, 9.17) is 15.8 Å². The van der Waals surface area contributed by atoms with Gasteiger partial charge in [-0.1, -0.05) is 12.1 Å². The number of hydrogen-bond donors (Lipinski definition) is 2. The zero-order valence-corrected chi connectivity index (χ0v) is 12.3. The Kier molecular flexibility index (Phi) is 4.38. The first-order valence-electron chi connectivity index (χ1n) is 5.71. The van der Waals surface area contributed by atoms with E-state index in [0.717, 1.165) is 6.07 Å². The van der Waals surface area contributed by atoms with E-state index in [9.17, 15) is 18.0 Å². The third-order valence-electron chi connectivity index (χ3n) is 2.53. The Bertz CT molecular complexity index is 836. The average molecular weight is 342 g/mol. The summed E-state index contributed by atoms with van der Waals surface area (Å²) in [6.07, 6.45) is 0. The van der Waals surface area contributed by atoms with Gasteiger partial charge in [-0.05, 0) is 24.3 Å². The summed E-state index contributed by atoms with van der Waals surface area (Å²) in [5.41, 5.74) is -0.237. The van der Waals surface area contributed by atoms with E-state index in [2.05, 4.69) is 15.5 Å². The van der Waals surface area contributed by atoms with Crippen LogP contribution in [0.1, 0.15) is 20.7 Å². The summed E-state index contributed by atoms with van der Waals surface area (Å²) >= 11 is 0. The quantitative estimate of drug-likeness (QED) is 0.803. The minimum Gasteiger partial charge on any atom is -0.478 e. The fraction of sp³-hybridized carbons (Fsp3) is 0. The van der Waals surface area contributed by atoms with Crippen molar-refractivity contribution < 1.29 is 23.1 Å². The van der Waals surface area contributed by atoms with Crippen LogP contribution in [0, 0.1) is 0 Å². The Labute approximate surface area is 129 Å². The highest BCUT2D eigenvalue weighted by molar-refractivity contribution is 8.13. The van der Waals surface area contributed by atoms with Gasteiger partial charge < -0.3 is 10.4 Å². The highest BCUT2D eigenvalue weighted by Gasteiger charge is 2.17. The van der Waals surface area contributed by atoms with Crippen LogP contribution in [0.25, 0.3) is 0 Å². The number of rotatable bonds is 4. The van der Waals surface area contributed by atoms with Crippen molar-refractivity contribution >= 4 is 37.4 Å². The smallest absolute Gasteiger partial charge is 0.336 e. The van der Waals surface area contributed by atoms with Gasteiger partial charge in [0.25, 0.3) is 15.0 Å². The van der Waals surface area contributed by atoms with Gasteiger partial charge in [0.15, 0.2) is 10.8 Å². The van der Waals surface area contributed by atoms with Gasteiger partial charge in [-0.3, -0.25) is 4.79 Å². The SMILES string of the molecule is O=C(O)c1ccccc1C(=O)Nc1ccc(S(=O)(=O)Cl)nn1. The Morgan fingerprint density at radius 2 is 1.68 bits per heavy atom. The summed E-state index contributed by atoms with van der Waals surface area (Å²) in [6.45, 7) is 0. The molecule has 0 bridgehead atoms. The molecule has 2 aromatic rings. The third kappa shape index (κ3) is 3.57. The molecule has 1 heterocycles. The van der Waals surface area contributed by atoms with E-state index >= 15 is 0 Å². The lowest BCUT2D eigenvalue weighted by molar-refractivity contribution is 0.0692. The number of carboxylic acid groups (broad SMARTS) is 1. The summed E-state index contributed by atoms with van der Waals surface area (Å²) in [6, 6.07) is 7.86. The lowest BCUT2D eigenvalue weighted by Crippen LogP contribution is -2.17. The number of benzene rings is 1. The predicted octanol–water partition coefficient (Wildman–Crippen LogP) is 1.35. The van der Waals surface area contributed by atoms with Gasteiger partial charge in [-0.2, -0.15) is 0 Å². The maximum Gasteiger partial charge on any atom is 0.336 e. The number of carboxylic acids is 1. The Morgan fingerprint density at radius 1 is 1.05 bits per heavy atom. The minimum absolute atomic E-state index is 0.0470. The first-order chi connectivity index (χ1) is 10.3. The van der Waals surface area contributed by atoms with Crippen molar-refractivity contribution in [3.63, 3.8) is 0 Å². The summed E-state index contributed by atoms with van der Waals surface area (Å²) in [5, 5.41) is 17.7. The van der Waals surface area contributed by atoms with Crippen LogP contribution in [0.2, 0.25) is 0 Å². The molecule has 2 rings (SSSR count). The van der Waals surface area contributed by atoms with E-state index in [1.165, 1.54) is 30.3 Å². The van der Waals surface area contributed by atoms with Crippen molar-refractivity contribution in [2.75, 3.05) is 5.32 Å². The zero-order valence-electron chi connectivity index (χ0n) is 10.7. The van der Waals surface area contributed by atoms with Gasteiger partial charge >= 0.3 is 5.97 Å². The minimum atomic E-state index is -4.01. The molecule has 1 aromatic carbocycles. The van der Waals surface area contributed by atoms with Gasteiger partial charge in [-0.15, -0.1) is 10.2 Å². The van der Waals surface area contributed by atoms with Crippen LogP contribution in [0.15, 0.2) is 41.4 Å². The van der Waals surface area contributed by atoms with Crippen LogP contribution >= 0.6 is 10.7 Å². The Hall–Kier alpha value is -2.52. The molecular formula is C12H8ClN3O5S. The summed E-state index contributed by atoms with van der Waals surface area (Å²) < 4.78 is 22.0. The van der Waals surface area contributed by atoms with E-state index in [1.807, 2.05) is 0 Å². The molecule has 10 heteroatoms. The number of amides is 1. The van der Waals surface area contributed by atoms with Gasteiger partial charge in [0.1, 0.15) is 0 Å². The van der Waals surface area contributed by atoms with Crippen molar-refractivity contribution in [3.8, 4) is 0 Å². The standard InChI is InChI=1S/C12H8ClN3O5S/c13-22(20,21)10-6-5-9(15-16-10)14-11(17)7-3-1-2-4-8(7)12(18)19/h1-6H,(H,18,19)(H,14,15,17). The number of hydrogen-bond acceptors (Lipinski definition) is 6. The number of carbonyl (C=O) groups is 2. The predicted molar refractivity (Wildman–Crippen MR) is 76.4 cm³/mol. The number of carbonyl (C=O) groups excluding carboxylic acids is 1. The lowest BCUT2D eigenvalue weighted by atomic mass is 10.1. The van der Waals surface area contributed by atoms with Crippen LogP contribution in [-0.4, -0.2) is 35.6 Å². The van der Waals surface area contributed by atoms with Crippen molar-refractivity contribution in [2.45, 2.75) is 5.03 Å². The Morgan fingerprint density at radius 3 is 2.18 bits per heavy atom. The van der Waals surface area contributed by atoms with Gasteiger partial charge in [-0.25, -0.2) is 13.2 Å². The lowest BCUT2D eigenvalue weighted by Gasteiger charge is -2.06. The average Bonchev–Trinajstić information content (AvgIpc) is 2.46. The molecule has 0 radical (unpaired) electrons. The maximum absolute atomic E-state index is 12.0. The molecule has 0 atom stereocenters. The van der Waals surface area contributed by atoms with Crippen LogP contribution in [0.3, 0.4) is 0 Å². The van der Waals surface area contributed by atoms with Crippen LogP contribution in [0.5, 0.6) is 0 Å². The summed E-state index contributed by atoms with van der Waals surface area (Å²) in [4.78, 5) is 23.1. The molecule has 0 saturated heterocycles. The zero-order chi connectivity index (χ0) is 16.3. The molecule has 0 saturated carbocycles. The van der Waals surface area contributed by atoms with Gasteiger partial charge in [0.2, 0.25) is 0 Å². The monoisotopic (exact) mass is 341 g/mol. The number of anilines is 1. The number of halogens is 1. The molecule has 1 aromatic heterocycles. The second-order valence-corrected chi connectivity index (χ2v) is 6.51. The molecular weight excluding hydrogens is 334 g/mol. The number of nitrogens with one attached hydrogen (secondary N) is 1. The first kappa shape index (κ1) is 15.9. The largest absolute Gasteiger partial charge is 0.478 e. The number of nitrogens with zero attached hydrogens (tertiary/aromatic N) is 2. The second-order valence-electron chi connectivity index (χ2n) is 4.00. The molecule has 1 amide bonds. The molecule has 22 heavy (non-hydrogen) atoms. The van der Waals surface area contributed by atoms with E-state index in [0.29, 0.717) is 0 Å². The van der Waals surface area contributed by atoms with Crippen molar-refractivity contribution in [1.29, 1.82) is 0 Å². The Balaban J connectivity index is 2.25. The van der Waals surface area contributed by atoms with Crippen LogP contribution < -0.4 is 5.32 Å². The van der Waals surface area contributed by atoms with Gasteiger partial charge in [0.05, 0.1) is 11.1 Å². The fourth-order valence-corrected chi connectivity index (χ4v) is 2.18. The maximum atomic E-state index is 12.0. The molecule has 114 valence electrons. The molecule has 0 aliphatic heterocycles. The van der Waals surface area contributed by atoms with Gasteiger partial charge in [0, 0.05) is 10.7 Å². The molecule has 2 N–H and O–H groups in total. The third-order valence-corrected chi connectivity index (χ3v) is 3.73. The highest BCUT2D eigenvalue weighted by atomic mass is 35.7. The van der Waals surface area contributed by atoms with Crippen LogP contribution in [-0.2, 0) is 9.05 Å². The highest BCUT2D eigenvalue weighted by Crippen LogP contribution is 2.14. The van der Waals surface area contributed by atoms with Crippen LogP contribution in [0.4, 0.5) is 5.82 Å². The van der Waals surface area contributed by atoms with E-state index < -0.39 is 26.0 Å². The van der Waals surface area contributed by atoms with E-state index in [1.54, 1.807) is 0 Å². The molecule has 0 fully saturated rings. The molecule has 0 aliphatic carbocycles. The molecule has 0 unspecified atom stereocenters. The van der Waals surface area contributed by atoms with Crippen molar-refractivity contribution in [3.05, 3.63) is 47.5 Å². The molecule has 0 spiro atoms. The molecule has 0 aliphatic rings. The van der Waals surface area contributed by atoms with Crippen molar-refractivity contribution in [2.24, 2.45) is 0 Å². The second kappa shape index (κ2) is 6.08. The fourth-order valence-electron chi connectivity index (χ4n) is 1.57. The number of aromatic nitrogens is 2. The van der Waals surface area contributed by atoms with E-state index in [-0.39, 0.29) is 16.9 Å². The normalized spacial score (nSPS) is 11.0. The topological polar surface area (TPSA) is 126 Å². The number of aromatic carboxylic acids is 1.